The van der Waals surface area contributed by atoms with E-state index in [1.165, 1.54) is 0 Å². The molecular weight excluding hydrogens is 392 g/mol. The van der Waals surface area contributed by atoms with Crippen LogP contribution in [-0.2, 0) is 0 Å². The van der Waals surface area contributed by atoms with E-state index in [9.17, 15) is 9.59 Å². The highest BCUT2D eigenvalue weighted by atomic mass is 16.2. The number of amides is 3. The summed E-state index contributed by atoms with van der Waals surface area (Å²) < 4.78 is 0. The van der Waals surface area contributed by atoms with Crippen LogP contribution in [-0.4, -0.2) is 91.0 Å². The maximum Gasteiger partial charge on any atom is 0.319 e. The third-order valence-corrected chi connectivity index (χ3v) is 6.61. The molecule has 0 aliphatic carbocycles. The molecule has 2 aromatic rings. The minimum absolute atomic E-state index is 0.0180. The van der Waals surface area contributed by atoms with Gasteiger partial charge in [-0.1, -0.05) is 6.07 Å². The molecule has 0 spiro atoms. The van der Waals surface area contributed by atoms with E-state index in [0.29, 0.717) is 17.4 Å². The van der Waals surface area contributed by atoms with Crippen molar-refractivity contribution in [3.05, 3.63) is 30.0 Å². The summed E-state index contributed by atoms with van der Waals surface area (Å²) in [4.78, 5) is 35.4. The van der Waals surface area contributed by atoms with Crippen LogP contribution in [0, 0.1) is 0 Å². The fourth-order valence-corrected chi connectivity index (χ4v) is 4.61. The van der Waals surface area contributed by atoms with Crippen LogP contribution in [0.5, 0.6) is 0 Å². The fraction of sp³-hybridized carbons (Fsp3) is 0.565. The molecule has 8 nitrogen and oxygen atoms in total. The summed E-state index contributed by atoms with van der Waals surface area (Å²) in [6.07, 6.45) is 4.05. The van der Waals surface area contributed by atoms with Crippen LogP contribution in [0.1, 0.15) is 36.2 Å². The topological polar surface area (TPSA) is 83.7 Å². The standard InChI is InChI=1S/C23H34N6O2/c1-27(2)17-6-5-11-29(15-17)22(30)21-14-18-19(25-21)7-4-8-20(18)26-23(31)24-16-9-12-28(3)13-10-16/h4,7-8,14,16-17,25H,5-6,9-13,15H2,1-3H3,(H2,24,26,31). The first-order valence-electron chi connectivity index (χ1n) is 11.2. The number of benzene rings is 1. The molecule has 1 aromatic carbocycles. The monoisotopic (exact) mass is 426 g/mol. The Bertz CT molecular complexity index is 931. The first-order chi connectivity index (χ1) is 14.9. The molecule has 1 unspecified atom stereocenters. The third kappa shape index (κ3) is 5.02. The van der Waals surface area contributed by atoms with E-state index in [1.54, 1.807) is 0 Å². The zero-order chi connectivity index (χ0) is 22.0. The minimum atomic E-state index is -0.194. The number of carbonyl (C=O) groups is 2. The van der Waals surface area contributed by atoms with Crippen molar-refractivity contribution in [2.24, 2.45) is 0 Å². The molecule has 1 aromatic heterocycles. The number of piperidine rings is 2. The van der Waals surface area contributed by atoms with Gasteiger partial charge in [-0.05, 0) is 78.1 Å². The molecule has 3 N–H and O–H groups in total. The molecule has 2 aliphatic rings. The number of rotatable bonds is 4. The molecule has 31 heavy (non-hydrogen) atoms. The van der Waals surface area contributed by atoms with E-state index >= 15 is 0 Å². The number of nitrogens with one attached hydrogen (secondary N) is 3. The quantitative estimate of drug-likeness (QED) is 0.702. The molecule has 8 heteroatoms. The Balaban J connectivity index is 1.45. The number of anilines is 1. The molecule has 4 rings (SSSR count). The van der Waals surface area contributed by atoms with Crippen molar-refractivity contribution < 1.29 is 9.59 Å². The number of aromatic amines is 1. The smallest absolute Gasteiger partial charge is 0.319 e. The van der Waals surface area contributed by atoms with Crippen LogP contribution in [0.15, 0.2) is 24.3 Å². The predicted octanol–water partition coefficient (Wildman–Crippen LogP) is 2.55. The Morgan fingerprint density at radius 1 is 1.13 bits per heavy atom. The van der Waals surface area contributed by atoms with Crippen LogP contribution in [0.25, 0.3) is 10.9 Å². The number of likely N-dealkylation sites (N-methyl/N-ethyl adjacent to an activating group) is 1. The first-order valence-corrected chi connectivity index (χ1v) is 11.2. The summed E-state index contributed by atoms with van der Waals surface area (Å²) in [6.45, 7) is 3.51. The van der Waals surface area contributed by atoms with Crippen molar-refractivity contribution in [3.63, 3.8) is 0 Å². The maximum absolute atomic E-state index is 13.1. The Hall–Kier alpha value is -2.58. The van der Waals surface area contributed by atoms with Crippen molar-refractivity contribution in [1.29, 1.82) is 0 Å². The van der Waals surface area contributed by atoms with Gasteiger partial charge in [-0.15, -0.1) is 0 Å². The summed E-state index contributed by atoms with van der Waals surface area (Å²) in [5, 5.41) is 6.92. The van der Waals surface area contributed by atoms with Crippen molar-refractivity contribution in [2.45, 2.75) is 37.8 Å². The van der Waals surface area contributed by atoms with E-state index in [2.05, 4.69) is 46.6 Å². The fourth-order valence-electron chi connectivity index (χ4n) is 4.61. The SMILES string of the molecule is CN1CCC(NC(=O)Nc2cccc3[nH]c(C(=O)N4CCCC(N(C)C)C4)cc23)CC1. The largest absolute Gasteiger partial charge is 0.350 e. The molecule has 2 fully saturated rings. The normalized spacial score (nSPS) is 20.9. The highest BCUT2D eigenvalue weighted by molar-refractivity contribution is 6.05. The van der Waals surface area contributed by atoms with Crippen LogP contribution in [0.4, 0.5) is 10.5 Å². The zero-order valence-corrected chi connectivity index (χ0v) is 18.8. The molecule has 0 saturated carbocycles. The van der Waals surface area contributed by atoms with Gasteiger partial charge in [0.1, 0.15) is 5.69 Å². The van der Waals surface area contributed by atoms with Gasteiger partial charge in [0.25, 0.3) is 5.91 Å². The van der Waals surface area contributed by atoms with E-state index in [1.807, 2.05) is 29.2 Å². The molecule has 2 saturated heterocycles. The second kappa shape index (κ2) is 9.28. The van der Waals surface area contributed by atoms with Gasteiger partial charge in [-0.3, -0.25) is 4.79 Å². The van der Waals surface area contributed by atoms with Gasteiger partial charge < -0.3 is 30.3 Å². The molecule has 1 atom stereocenters. The molecule has 0 radical (unpaired) electrons. The summed E-state index contributed by atoms with van der Waals surface area (Å²) in [7, 11) is 6.23. The lowest BCUT2D eigenvalue weighted by Gasteiger charge is -2.35. The summed E-state index contributed by atoms with van der Waals surface area (Å²) in [5.41, 5.74) is 2.13. The van der Waals surface area contributed by atoms with Crippen molar-refractivity contribution in [1.82, 2.24) is 25.0 Å². The Morgan fingerprint density at radius 2 is 1.90 bits per heavy atom. The van der Waals surface area contributed by atoms with Crippen molar-refractivity contribution in [3.8, 4) is 0 Å². The lowest BCUT2D eigenvalue weighted by atomic mass is 10.0. The number of likely N-dealkylation sites (tertiary alicyclic amines) is 2. The zero-order valence-electron chi connectivity index (χ0n) is 18.8. The summed E-state index contributed by atoms with van der Waals surface area (Å²) >= 11 is 0. The van der Waals surface area contributed by atoms with Gasteiger partial charge in [0.2, 0.25) is 0 Å². The van der Waals surface area contributed by atoms with E-state index < -0.39 is 0 Å². The number of nitrogens with zero attached hydrogens (tertiary/aromatic N) is 3. The molecule has 0 bridgehead atoms. The van der Waals surface area contributed by atoms with Gasteiger partial charge in [0.05, 0.1) is 5.69 Å². The van der Waals surface area contributed by atoms with Crippen LogP contribution in [0.3, 0.4) is 0 Å². The van der Waals surface area contributed by atoms with Gasteiger partial charge >= 0.3 is 6.03 Å². The number of hydrogen-bond donors (Lipinski definition) is 3. The molecule has 168 valence electrons. The number of urea groups is 1. The van der Waals surface area contributed by atoms with Gasteiger partial charge in [-0.2, -0.15) is 0 Å². The number of H-pyrrole nitrogens is 1. The minimum Gasteiger partial charge on any atom is -0.350 e. The summed E-state index contributed by atoms with van der Waals surface area (Å²) in [5.74, 6) is 0.0180. The second-order valence-corrected chi connectivity index (χ2v) is 9.14. The molecule has 3 heterocycles. The highest BCUT2D eigenvalue weighted by Gasteiger charge is 2.27. The Labute approximate surface area is 183 Å². The number of hydrogen-bond acceptors (Lipinski definition) is 4. The van der Waals surface area contributed by atoms with E-state index in [-0.39, 0.29) is 18.0 Å². The molecule has 3 amide bonds. The third-order valence-electron chi connectivity index (χ3n) is 6.61. The van der Waals surface area contributed by atoms with Crippen molar-refractivity contribution >= 4 is 28.5 Å². The molecule has 2 aliphatic heterocycles. The van der Waals surface area contributed by atoms with Crippen LogP contribution >= 0.6 is 0 Å². The van der Waals surface area contributed by atoms with E-state index in [0.717, 1.165) is 62.8 Å². The second-order valence-electron chi connectivity index (χ2n) is 9.14. The number of carbonyl (C=O) groups excluding carboxylic acids is 2. The lowest BCUT2D eigenvalue weighted by molar-refractivity contribution is 0.0630. The van der Waals surface area contributed by atoms with E-state index in [4.69, 9.17) is 0 Å². The van der Waals surface area contributed by atoms with Gasteiger partial charge in [0, 0.05) is 36.1 Å². The molecular formula is C23H34N6O2. The number of aromatic nitrogens is 1. The Morgan fingerprint density at radius 3 is 2.65 bits per heavy atom. The van der Waals surface area contributed by atoms with Gasteiger partial charge in [0.15, 0.2) is 0 Å². The maximum atomic E-state index is 13.1. The first kappa shape index (κ1) is 21.6. The van der Waals surface area contributed by atoms with Crippen LogP contribution in [0.2, 0.25) is 0 Å². The Kier molecular flexibility index (Phi) is 6.48. The highest BCUT2D eigenvalue weighted by Crippen LogP contribution is 2.26. The van der Waals surface area contributed by atoms with Crippen molar-refractivity contribution in [2.75, 3.05) is 52.6 Å². The average Bonchev–Trinajstić information content (AvgIpc) is 3.20. The predicted molar refractivity (Wildman–Crippen MR) is 124 cm³/mol. The van der Waals surface area contributed by atoms with Crippen LogP contribution < -0.4 is 10.6 Å². The summed E-state index contributed by atoms with van der Waals surface area (Å²) in [6, 6.07) is 7.96. The average molecular weight is 427 g/mol. The van der Waals surface area contributed by atoms with Gasteiger partial charge in [-0.25, -0.2) is 4.79 Å². The lowest BCUT2D eigenvalue weighted by Crippen LogP contribution is -2.47. The number of fused-ring (bicyclic) bond motifs is 1.